The van der Waals surface area contributed by atoms with Crippen molar-refractivity contribution in [3.63, 3.8) is 0 Å². The fourth-order valence-corrected chi connectivity index (χ4v) is 3.04. The van der Waals surface area contributed by atoms with Gasteiger partial charge in [0.05, 0.1) is 6.26 Å². The molecule has 0 bridgehead atoms. The molecule has 1 aromatic carbocycles. The Labute approximate surface area is 147 Å². The standard InChI is InChI=1S/C20H23NO4/c1-16-6-2-3-9-18(16)25-20(19(22)23)10-13-21(14-11-20)12-4-7-17-8-5-15-24-17/h2-9,15H,10-14H2,1H3,(H,22,23). The second-order valence-corrected chi connectivity index (χ2v) is 6.39. The number of hydrogen-bond donors (Lipinski definition) is 1. The van der Waals surface area contributed by atoms with E-state index in [1.54, 1.807) is 6.26 Å². The first-order chi connectivity index (χ1) is 12.1. The third kappa shape index (κ3) is 4.12. The highest BCUT2D eigenvalue weighted by Crippen LogP contribution is 2.31. The van der Waals surface area contributed by atoms with Gasteiger partial charge in [0.15, 0.2) is 0 Å². The maximum absolute atomic E-state index is 11.9. The van der Waals surface area contributed by atoms with Crippen LogP contribution in [0.15, 0.2) is 53.2 Å². The lowest BCUT2D eigenvalue weighted by atomic mass is 9.91. The van der Waals surface area contributed by atoms with Gasteiger partial charge in [0.25, 0.3) is 0 Å². The minimum atomic E-state index is -1.15. The van der Waals surface area contributed by atoms with Gasteiger partial charge in [-0.1, -0.05) is 24.3 Å². The van der Waals surface area contributed by atoms with Gasteiger partial charge in [-0.3, -0.25) is 4.90 Å². The molecule has 1 aliphatic rings. The zero-order chi connectivity index (χ0) is 17.7. The zero-order valence-corrected chi connectivity index (χ0v) is 14.4. The molecule has 2 heterocycles. The number of carbonyl (C=O) groups is 1. The van der Waals surface area contributed by atoms with Crippen LogP contribution in [0, 0.1) is 6.92 Å². The van der Waals surface area contributed by atoms with Crippen LogP contribution in [-0.4, -0.2) is 41.2 Å². The number of aryl methyl sites for hydroxylation is 1. The number of nitrogens with zero attached hydrogens (tertiary/aromatic N) is 1. The van der Waals surface area contributed by atoms with Crippen LogP contribution in [0.2, 0.25) is 0 Å². The van der Waals surface area contributed by atoms with E-state index in [1.807, 2.05) is 55.5 Å². The van der Waals surface area contributed by atoms with Gasteiger partial charge in [0.1, 0.15) is 11.5 Å². The molecule has 1 N–H and O–H groups in total. The predicted molar refractivity (Wildman–Crippen MR) is 95.6 cm³/mol. The summed E-state index contributed by atoms with van der Waals surface area (Å²) in [5, 5.41) is 9.76. The van der Waals surface area contributed by atoms with Crippen molar-refractivity contribution in [2.45, 2.75) is 25.4 Å². The molecule has 0 unspecified atom stereocenters. The minimum Gasteiger partial charge on any atom is -0.478 e. The number of carboxylic acids is 1. The van der Waals surface area contributed by atoms with E-state index >= 15 is 0 Å². The molecule has 0 atom stereocenters. The summed E-state index contributed by atoms with van der Waals surface area (Å²) in [4.78, 5) is 14.1. The number of rotatable bonds is 6. The monoisotopic (exact) mass is 341 g/mol. The van der Waals surface area contributed by atoms with Crippen LogP contribution in [-0.2, 0) is 4.79 Å². The van der Waals surface area contributed by atoms with Gasteiger partial charge in [-0.25, -0.2) is 4.79 Å². The van der Waals surface area contributed by atoms with E-state index in [9.17, 15) is 9.90 Å². The molecular weight excluding hydrogens is 318 g/mol. The molecule has 0 spiro atoms. The molecule has 132 valence electrons. The van der Waals surface area contributed by atoms with Crippen molar-refractivity contribution in [3.8, 4) is 5.75 Å². The second-order valence-electron chi connectivity index (χ2n) is 6.39. The number of ether oxygens (including phenoxy) is 1. The van der Waals surface area contributed by atoms with E-state index in [-0.39, 0.29) is 0 Å². The molecule has 0 amide bonds. The average Bonchev–Trinajstić information content (AvgIpc) is 3.12. The van der Waals surface area contributed by atoms with E-state index in [0.29, 0.717) is 31.7 Å². The van der Waals surface area contributed by atoms with Crippen LogP contribution >= 0.6 is 0 Å². The van der Waals surface area contributed by atoms with Gasteiger partial charge in [0.2, 0.25) is 5.60 Å². The van der Waals surface area contributed by atoms with E-state index in [2.05, 4.69) is 4.90 Å². The van der Waals surface area contributed by atoms with Crippen molar-refractivity contribution in [2.75, 3.05) is 19.6 Å². The fourth-order valence-electron chi connectivity index (χ4n) is 3.04. The molecule has 2 aromatic rings. The number of furan rings is 1. The number of para-hydroxylation sites is 1. The van der Waals surface area contributed by atoms with Gasteiger partial charge in [-0.05, 0) is 36.8 Å². The number of carboxylic acid groups (broad SMARTS) is 1. The Morgan fingerprint density at radius 2 is 2.04 bits per heavy atom. The van der Waals surface area contributed by atoms with Crippen LogP contribution in [0.4, 0.5) is 0 Å². The summed E-state index contributed by atoms with van der Waals surface area (Å²) in [5.41, 5.74) is -0.195. The van der Waals surface area contributed by atoms with E-state index < -0.39 is 11.6 Å². The molecule has 3 rings (SSSR count). The quantitative estimate of drug-likeness (QED) is 0.870. The lowest BCUT2D eigenvalue weighted by molar-refractivity contribution is -0.159. The predicted octanol–water partition coefficient (Wildman–Crippen LogP) is 3.60. The number of hydrogen-bond acceptors (Lipinski definition) is 4. The molecule has 1 fully saturated rings. The number of aliphatic carboxylic acids is 1. The lowest BCUT2D eigenvalue weighted by Crippen LogP contribution is -2.53. The highest BCUT2D eigenvalue weighted by molar-refractivity contribution is 5.78. The van der Waals surface area contributed by atoms with Gasteiger partial charge in [-0.2, -0.15) is 0 Å². The molecule has 0 radical (unpaired) electrons. The molecule has 0 aliphatic carbocycles. The summed E-state index contributed by atoms with van der Waals surface area (Å²) < 4.78 is 11.2. The maximum atomic E-state index is 11.9. The average molecular weight is 341 g/mol. The molecule has 1 aromatic heterocycles. The second kappa shape index (κ2) is 7.57. The van der Waals surface area contributed by atoms with Crippen molar-refractivity contribution in [2.24, 2.45) is 0 Å². The summed E-state index contributed by atoms with van der Waals surface area (Å²) in [7, 11) is 0. The van der Waals surface area contributed by atoms with Crippen LogP contribution in [0.25, 0.3) is 6.08 Å². The Bertz CT molecular complexity index is 728. The highest BCUT2D eigenvalue weighted by atomic mass is 16.5. The Balaban J connectivity index is 1.61. The Kier molecular flexibility index (Phi) is 5.24. The largest absolute Gasteiger partial charge is 0.478 e. The third-order valence-electron chi connectivity index (χ3n) is 4.64. The number of piperidine rings is 1. The lowest BCUT2D eigenvalue weighted by Gasteiger charge is -2.38. The Morgan fingerprint density at radius 3 is 2.68 bits per heavy atom. The molecule has 1 aliphatic heterocycles. The third-order valence-corrected chi connectivity index (χ3v) is 4.64. The van der Waals surface area contributed by atoms with Crippen molar-refractivity contribution in [3.05, 3.63) is 60.1 Å². The van der Waals surface area contributed by atoms with Gasteiger partial charge in [0, 0.05) is 32.5 Å². The topological polar surface area (TPSA) is 62.9 Å². The summed E-state index contributed by atoms with van der Waals surface area (Å²) in [6.07, 6.45) is 6.54. The molecular formula is C20H23NO4. The SMILES string of the molecule is Cc1ccccc1OC1(C(=O)O)CCN(CC=Cc2ccco2)CC1. The van der Waals surface area contributed by atoms with Gasteiger partial charge in [-0.15, -0.1) is 0 Å². The van der Waals surface area contributed by atoms with E-state index in [0.717, 1.165) is 17.9 Å². The van der Waals surface area contributed by atoms with Crippen LogP contribution < -0.4 is 4.74 Å². The van der Waals surface area contributed by atoms with Crippen molar-refractivity contribution in [1.29, 1.82) is 0 Å². The number of benzene rings is 1. The van der Waals surface area contributed by atoms with Crippen molar-refractivity contribution in [1.82, 2.24) is 4.90 Å². The van der Waals surface area contributed by atoms with Crippen LogP contribution in [0.3, 0.4) is 0 Å². The molecule has 1 saturated heterocycles. The van der Waals surface area contributed by atoms with Gasteiger partial charge >= 0.3 is 5.97 Å². The highest BCUT2D eigenvalue weighted by Gasteiger charge is 2.44. The normalized spacial score (nSPS) is 17.6. The molecule has 5 heteroatoms. The number of likely N-dealkylation sites (tertiary alicyclic amines) is 1. The van der Waals surface area contributed by atoms with Crippen molar-refractivity contribution >= 4 is 12.0 Å². The first-order valence-electron chi connectivity index (χ1n) is 8.49. The molecule has 5 nitrogen and oxygen atoms in total. The van der Waals surface area contributed by atoms with Crippen LogP contribution in [0.1, 0.15) is 24.2 Å². The smallest absolute Gasteiger partial charge is 0.348 e. The zero-order valence-electron chi connectivity index (χ0n) is 14.4. The van der Waals surface area contributed by atoms with Gasteiger partial charge < -0.3 is 14.3 Å². The minimum absolute atomic E-state index is 0.464. The fraction of sp³-hybridized carbons (Fsp3) is 0.350. The summed E-state index contributed by atoms with van der Waals surface area (Å²) in [6.45, 7) is 4.06. The molecule has 0 saturated carbocycles. The summed E-state index contributed by atoms with van der Waals surface area (Å²) in [5.74, 6) is 0.581. The summed E-state index contributed by atoms with van der Waals surface area (Å²) in [6, 6.07) is 11.3. The van der Waals surface area contributed by atoms with E-state index in [1.165, 1.54) is 0 Å². The first kappa shape index (κ1) is 17.3. The summed E-state index contributed by atoms with van der Waals surface area (Å²) >= 11 is 0. The first-order valence-corrected chi connectivity index (χ1v) is 8.49. The Morgan fingerprint density at radius 1 is 1.28 bits per heavy atom. The van der Waals surface area contributed by atoms with E-state index in [4.69, 9.17) is 9.15 Å². The maximum Gasteiger partial charge on any atom is 0.348 e. The van der Waals surface area contributed by atoms with Crippen LogP contribution in [0.5, 0.6) is 5.75 Å². The Hall–Kier alpha value is -2.53. The van der Waals surface area contributed by atoms with Crippen molar-refractivity contribution < 1.29 is 19.1 Å². The molecule has 25 heavy (non-hydrogen) atoms.